The van der Waals surface area contributed by atoms with Crippen LogP contribution in [0.1, 0.15) is 6.42 Å². The first kappa shape index (κ1) is 15.4. The number of hydrogen-bond donors (Lipinski definition) is 6. The van der Waals surface area contributed by atoms with Crippen LogP contribution in [0.4, 0.5) is 0 Å². The summed E-state index contributed by atoms with van der Waals surface area (Å²) in [5.74, 6) is -0.846. The van der Waals surface area contributed by atoms with Crippen LogP contribution in [0.15, 0.2) is 0 Å². The fraction of sp³-hybridized carbons (Fsp3) is 0.875. The van der Waals surface area contributed by atoms with Crippen LogP contribution < -0.4 is 0 Å². The first-order valence-electron chi connectivity index (χ1n) is 4.58. The second-order valence-electron chi connectivity index (χ2n) is 3.20. The second kappa shape index (κ2) is 7.63. The normalized spacial score (nSPS) is 18.9. The lowest BCUT2D eigenvalue weighted by atomic mass is 9.99. The predicted molar refractivity (Wildman–Crippen MR) is 49.3 cm³/mol. The molecule has 0 unspecified atom stereocenters. The van der Waals surface area contributed by atoms with E-state index >= 15 is 0 Å². The van der Waals surface area contributed by atoms with E-state index in [1.165, 1.54) is 0 Å². The Morgan fingerprint density at radius 1 is 1.12 bits per heavy atom. The highest BCUT2D eigenvalue weighted by Crippen LogP contribution is 2.10. The molecule has 8 heteroatoms. The van der Waals surface area contributed by atoms with E-state index in [9.17, 15) is 15.0 Å². The van der Waals surface area contributed by atoms with Crippen LogP contribution in [0.5, 0.6) is 0 Å². The maximum Gasteiger partial charge on any atom is 0.179 e. The average molecular weight is 240 g/mol. The van der Waals surface area contributed by atoms with Crippen molar-refractivity contribution >= 4 is 5.78 Å². The summed E-state index contributed by atoms with van der Waals surface area (Å²) in [7, 11) is 0. The number of Topliss-reactive ketones (excluding diaryl/α,β-unsaturated/α-hetero) is 1. The van der Waals surface area contributed by atoms with Crippen molar-refractivity contribution in [1.82, 2.24) is 0 Å². The van der Waals surface area contributed by atoms with Crippen LogP contribution in [0, 0.1) is 0 Å². The van der Waals surface area contributed by atoms with Gasteiger partial charge in [-0.3, -0.25) is 10.1 Å². The molecular formula is C8H16O8. The van der Waals surface area contributed by atoms with Crippen LogP contribution in [-0.2, 0) is 9.68 Å². The zero-order chi connectivity index (χ0) is 12.7. The fourth-order valence-electron chi connectivity index (χ4n) is 1.08. The molecule has 0 radical (unpaired) electrons. The number of ketones is 1. The van der Waals surface area contributed by atoms with Gasteiger partial charge >= 0.3 is 0 Å². The van der Waals surface area contributed by atoms with Crippen molar-refractivity contribution in [1.29, 1.82) is 0 Å². The summed E-state index contributed by atoms with van der Waals surface area (Å²) < 4.78 is 0. The summed E-state index contributed by atoms with van der Waals surface area (Å²) in [4.78, 5) is 14.8. The predicted octanol–water partition coefficient (Wildman–Crippen LogP) is -3.13. The van der Waals surface area contributed by atoms with E-state index in [2.05, 4.69) is 4.89 Å². The van der Waals surface area contributed by atoms with E-state index in [1.807, 2.05) is 0 Å². The molecule has 0 aromatic rings. The molecular weight excluding hydrogens is 224 g/mol. The molecule has 0 fully saturated rings. The Balaban J connectivity index is 4.51. The highest BCUT2D eigenvalue weighted by Gasteiger charge is 2.36. The molecule has 0 bridgehead atoms. The van der Waals surface area contributed by atoms with E-state index in [-0.39, 0.29) is 6.42 Å². The topological polar surface area (TPSA) is 148 Å². The third kappa shape index (κ3) is 4.10. The summed E-state index contributed by atoms with van der Waals surface area (Å²) in [5, 5.41) is 52.9. The Kier molecular flexibility index (Phi) is 7.34. The van der Waals surface area contributed by atoms with E-state index < -0.39 is 43.4 Å². The number of aliphatic hydroxyl groups excluding tert-OH is 5. The zero-order valence-corrected chi connectivity index (χ0v) is 8.43. The van der Waals surface area contributed by atoms with Gasteiger partial charge in [0.2, 0.25) is 0 Å². The Morgan fingerprint density at radius 3 is 2.06 bits per heavy atom. The van der Waals surface area contributed by atoms with Gasteiger partial charge in [0.1, 0.15) is 18.3 Å². The maximum atomic E-state index is 11.2. The van der Waals surface area contributed by atoms with Gasteiger partial charge < -0.3 is 25.5 Å². The molecule has 0 saturated carbocycles. The fourth-order valence-corrected chi connectivity index (χ4v) is 1.08. The Morgan fingerprint density at radius 2 is 1.69 bits per heavy atom. The smallest absolute Gasteiger partial charge is 0.179 e. The molecule has 4 atom stereocenters. The lowest BCUT2D eigenvalue weighted by molar-refractivity contribution is -0.296. The summed E-state index contributed by atoms with van der Waals surface area (Å²) in [6.45, 7) is -1.34. The quantitative estimate of drug-likeness (QED) is 0.193. The van der Waals surface area contributed by atoms with E-state index in [0.717, 1.165) is 0 Å². The molecule has 6 N–H and O–H groups in total. The van der Waals surface area contributed by atoms with Crippen LogP contribution in [0.25, 0.3) is 0 Å². The van der Waals surface area contributed by atoms with Gasteiger partial charge in [-0.05, 0) is 0 Å². The van der Waals surface area contributed by atoms with E-state index in [1.54, 1.807) is 0 Å². The second-order valence-corrected chi connectivity index (χ2v) is 3.20. The summed E-state index contributed by atoms with van der Waals surface area (Å²) in [6.07, 6.45) is -7.61. The van der Waals surface area contributed by atoms with Gasteiger partial charge in [0.15, 0.2) is 11.9 Å². The lowest BCUT2D eigenvalue weighted by Crippen LogP contribution is -2.49. The summed E-state index contributed by atoms with van der Waals surface area (Å²) in [6, 6.07) is 0. The zero-order valence-electron chi connectivity index (χ0n) is 8.43. The average Bonchev–Trinajstić information content (AvgIpc) is 2.28. The minimum absolute atomic E-state index is 0.385. The van der Waals surface area contributed by atoms with Crippen molar-refractivity contribution in [2.24, 2.45) is 0 Å². The molecule has 0 heterocycles. The molecule has 0 aromatic heterocycles. The molecule has 0 aliphatic carbocycles. The third-order valence-corrected chi connectivity index (χ3v) is 2.03. The maximum absolute atomic E-state index is 11.2. The van der Waals surface area contributed by atoms with Crippen LogP contribution >= 0.6 is 0 Å². The monoisotopic (exact) mass is 240 g/mol. The molecule has 96 valence electrons. The lowest BCUT2D eigenvalue weighted by Gasteiger charge is -2.25. The van der Waals surface area contributed by atoms with E-state index in [0.29, 0.717) is 0 Å². The Bertz CT molecular complexity index is 208. The van der Waals surface area contributed by atoms with Crippen LogP contribution in [-0.4, -0.2) is 74.2 Å². The minimum Gasteiger partial charge on any atom is -0.396 e. The van der Waals surface area contributed by atoms with Gasteiger partial charge in [0, 0.05) is 6.42 Å². The van der Waals surface area contributed by atoms with Gasteiger partial charge in [-0.1, -0.05) is 0 Å². The molecule has 16 heavy (non-hydrogen) atoms. The van der Waals surface area contributed by atoms with Crippen LogP contribution in [0.3, 0.4) is 0 Å². The first-order valence-corrected chi connectivity index (χ1v) is 4.58. The number of carbonyl (C=O) groups is 1. The Labute approximate surface area is 91.3 Å². The van der Waals surface area contributed by atoms with Crippen molar-refractivity contribution in [3.05, 3.63) is 0 Å². The van der Waals surface area contributed by atoms with Crippen molar-refractivity contribution in [2.75, 3.05) is 13.2 Å². The third-order valence-electron chi connectivity index (χ3n) is 2.03. The van der Waals surface area contributed by atoms with Crippen molar-refractivity contribution in [2.45, 2.75) is 30.8 Å². The van der Waals surface area contributed by atoms with Crippen molar-refractivity contribution < 1.29 is 40.5 Å². The van der Waals surface area contributed by atoms with Gasteiger partial charge in [-0.2, -0.15) is 0 Å². The van der Waals surface area contributed by atoms with Gasteiger partial charge in [-0.15, -0.1) is 0 Å². The molecule has 0 spiro atoms. The number of rotatable bonds is 8. The van der Waals surface area contributed by atoms with Crippen molar-refractivity contribution in [3.63, 3.8) is 0 Å². The molecule has 0 saturated heterocycles. The highest BCUT2D eigenvalue weighted by atomic mass is 17.1. The van der Waals surface area contributed by atoms with E-state index in [4.69, 9.17) is 20.6 Å². The largest absolute Gasteiger partial charge is 0.396 e. The SMILES string of the molecule is O=C(CCO)[C@H](OO)[C@@H](O)[C@H](O)[C@H](O)CO. The molecule has 0 aliphatic heterocycles. The number of hydrogen-bond acceptors (Lipinski definition) is 8. The van der Waals surface area contributed by atoms with Crippen molar-refractivity contribution in [3.8, 4) is 0 Å². The minimum atomic E-state index is -1.91. The summed E-state index contributed by atoms with van der Waals surface area (Å²) >= 11 is 0. The van der Waals surface area contributed by atoms with Gasteiger partial charge in [0.25, 0.3) is 0 Å². The summed E-state index contributed by atoms with van der Waals surface area (Å²) in [5.41, 5.74) is 0. The molecule has 0 rings (SSSR count). The molecule has 0 aromatic carbocycles. The van der Waals surface area contributed by atoms with Crippen LogP contribution in [0.2, 0.25) is 0 Å². The standard InChI is InChI=1S/C8H16O8/c9-2-1-4(11)8(16-15)7(14)6(13)5(12)3-10/h5-10,12-15H,1-3H2/t5-,6-,7+,8+/m1/s1. The first-order chi connectivity index (χ1) is 7.49. The molecule has 0 amide bonds. The number of carbonyl (C=O) groups excluding carboxylic acids is 1. The van der Waals surface area contributed by atoms with Gasteiger partial charge in [0.05, 0.1) is 13.2 Å². The number of aliphatic hydroxyl groups is 5. The molecule has 0 aliphatic rings. The molecule has 8 nitrogen and oxygen atoms in total. The van der Waals surface area contributed by atoms with Gasteiger partial charge in [-0.25, -0.2) is 4.89 Å². The highest BCUT2D eigenvalue weighted by molar-refractivity contribution is 5.83. The Hall–Kier alpha value is -0.610.